The van der Waals surface area contributed by atoms with E-state index < -0.39 is 29.3 Å². The highest BCUT2D eigenvalue weighted by atomic mass is 19.1. The van der Waals surface area contributed by atoms with E-state index in [0.717, 1.165) is 44.8 Å². The molecule has 47 heavy (non-hydrogen) atoms. The van der Waals surface area contributed by atoms with Crippen LogP contribution in [0.4, 0.5) is 23.4 Å². The first-order valence-electron chi connectivity index (χ1n) is 16.4. The molecular weight excluding hydrogens is 610 g/mol. The van der Waals surface area contributed by atoms with Gasteiger partial charge in [0.2, 0.25) is 0 Å². The predicted molar refractivity (Wildman–Crippen MR) is 174 cm³/mol. The number of piperazine rings is 1. The molecule has 3 saturated heterocycles. The Balaban J connectivity index is 0.00000172. The van der Waals surface area contributed by atoms with E-state index in [1.807, 2.05) is 13.8 Å². The van der Waals surface area contributed by atoms with Gasteiger partial charge in [-0.1, -0.05) is 25.8 Å². The molecule has 2 N–H and O–H groups in total. The van der Waals surface area contributed by atoms with Crippen molar-refractivity contribution in [1.29, 1.82) is 0 Å². The van der Waals surface area contributed by atoms with Crippen molar-refractivity contribution >= 4 is 27.5 Å². The van der Waals surface area contributed by atoms with Crippen molar-refractivity contribution in [3.8, 4) is 35.2 Å². The van der Waals surface area contributed by atoms with Crippen molar-refractivity contribution in [3.05, 3.63) is 52.8 Å². The van der Waals surface area contributed by atoms with Crippen LogP contribution in [0.25, 0.3) is 32.8 Å². The standard InChI is InChI=1S/C34H31F4N5O2.C2H6/c1-2-21-24(35)8-5-18-13-20(44)14-23(26(18)21)27-29(37)22-7-6-19-15-39-25(36)16-43(19)32-28(22)31(30(27)38)40-33(41-32)45-17-34-9-3-11-42(34)12-4-10-34;1-2/h1,5,8,13-14,19,25,39,44H,3-4,6-7,9-12,15-17H2;1-2H3. The van der Waals surface area contributed by atoms with Crippen molar-refractivity contribution < 1.29 is 27.4 Å². The summed E-state index contributed by atoms with van der Waals surface area (Å²) in [4.78, 5) is 13.4. The average molecular weight is 648 g/mol. The molecule has 4 aliphatic heterocycles. The Morgan fingerprint density at radius 3 is 2.60 bits per heavy atom. The topological polar surface area (TPSA) is 73.8 Å². The van der Waals surface area contributed by atoms with E-state index in [-0.39, 0.29) is 75.1 Å². The van der Waals surface area contributed by atoms with Gasteiger partial charge in [0.25, 0.3) is 0 Å². The van der Waals surface area contributed by atoms with Crippen molar-refractivity contribution in [2.24, 2.45) is 0 Å². The van der Waals surface area contributed by atoms with Crippen LogP contribution < -0.4 is 15.0 Å². The first-order chi connectivity index (χ1) is 22.8. The minimum Gasteiger partial charge on any atom is -0.508 e. The Hall–Kier alpha value is -4.14. The summed E-state index contributed by atoms with van der Waals surface area (Å²) in [5, 5.41) is 14.0. The number of aromatic nitrogens is 2. The highest BCUT2D eigenvalue weighted by Crippen LogP contribution is 2.46. The van der Waals surface area contributed by atoms with E-state index in [4.69, 9.17) is 16.1 Å². The highest BCUT2D eigenvalue weighted by molar-refractivity contribution is 6.05. The van der Waals surface area contributed by atoms with Crippen LogP contribution in [0, 0.1) is 29.8 Å². The monoisotopic (exact) mass is 647 g/mol. The van der Waals surface area contributed by atoms with Crippen LogP contribution in [0.15, 0.2) is 24.3 Å². The first-order valence-corrected chi connectivity index (χ1v) is 16.4. The quantitative estimate of drug-likeness (QED) is 0.147. The van der Waals surface area contributed by atoms with Crippen LogP contribution >= 0.6 is 0 Å². The summed E-state index contributed by atoms with van der Waals surface area (Å²) in [6.07, 6.45) is 9.02. The lowest BCUT2D eigenvalue weighted by Gasteiger charge is -2.38. The van der Waals surface area contributed by atoms with Crippen molar-refractivity contribution in [2.75, 3.05) is 37.7 Å². The van der Waals surface area contributed by atoms with Gasteiger partial charge in [0, 0.05) is 29.1 Å². The Labute approximate surface area is 270 Å². The molecule has 246 valence electrons. The fourth-order valence-electron chi connectivity index (χ4n) is 8.10. The maximum absolute atomic E-state index is 17.0. The van der Waals surface area contributed by atoms with Crippen LogP contribution in [0.5, 0.6) is 11.8 Å². The molecule has 2 atom stereocenters. The van der Waals surface area contributed by atoms with Gasteiger partial charge in [-0.3, -0.25) is 10.2 Å². The third-order valence-corrected chi connectivity index (χ3v) is 10.2. The van der Waals surface area contributed by atoms with Gasteiger partial charge in [0.1, 0.15) is 35.3 Å². The number of alkyl halides is 1. The van der Waals surface area contributed by atoms with E-state index in [0.29, 0.717) is 25.0 Å². The van der Waals surface area contributed by atoms with Crippen molar-refractivity contribution in [1.82, 2.24) is 20.2 Å². The molecule has 8 rings (SSSR count). The zero-order valence-electron chi connectivity index (χ0n) is 26.5. The molecule has 4 aliphatic rings. The van der Waals surface area contributed by atoms with E-state index in [2.05, 4.69) is 21.1 Å². The summed E-state index contributed by atoms with van der Waals surface area (Å²) in [6.45, 7) is 6.55. The van der Waals surface area contributed by atoms with E-state index in [1.165, 1.54) is 18.2 Å². The van der Waals surface area contributed by atoms with E-state index in [9.17, 15) is 13.9 Å². The number of aryl methyl sites for hydroxylation is 1. The minimum absolute atomic E-state index is 0.0552. The van der Waals surface area contributed by atoms with Gasteiger partial charge in [0.15, 0.2) is 12.1 Å². The van der Waals surface area contributed by atoms with Crippen molar-refractivity contribution in [3.63, 3.8) is 0 Å². The molecule has 0 aliphatic carbocycles. The number of aromatic hydroxyl groups is 1. The lowest BCUT2D eigenvalue weighted by molar-refractivity contribution is 0.107. The Morgan fingerprint density at radius 2 is 1.85 bits per heavy atom. The third-order valence-electron chi connectivity index (χ3n) is 10.2. The van der Waals surface area contributed by atoms with Gasteiger partial charge in [0.05, 0.1) is 28.6 Å². The maximum atomic E-state index is 17.0. The summed E-state index contributed by atoms with van der Waals surface area (Å²) in [5.74, 6) is -0.359. The second kappa shape index (κ2) is 12.1. The molecule has 11 heteroatoms. The number of phenolic OH excluding ortho intramolecular Hbond substituents is 1. The SMILES string of the molecule is C#Cc1c(F)ccc2cc(O)cc(-c3c(F)c4c5c(nc(OCC67CCCN6CCC7)nc5c3F)N3CC(F)NCC3CC4)c12.CC. The molecule has 5 heterocycles. The third kappa shape index (κ3) is 5.04. The zero-order chi connectivity index (χ0) is 33.0. The molecule has 3 fully saturated rings. The lowest BCUT2D eigenvalue weighted by atomic mass is 9.90. The number of terminal acetylenes is 1. The molecule has 0 amide bonds. The number of nitrogens with one attached hydrogen (secondary N) is 1. The second-order valence-electron chi connectivity index (χ2n) is 12.6. The van der Waals surface area contributed by atoms with E-state index in [1.54, 1.807) is 4.90 Å². The van der Waals surface area contributed by atoms with Crippen LogP contribution in [0.2, 0.25) is 0 Å². The van der Waals surface area contributed by atoms with Gasteiger partial charge in [-0.25, -0.2) is 17.6 Å². The summed E-state index contributed by atoms with van der Waals surface area (Å²) in [5.41, 5.74) is -0.894. The van der Waals surface area contributed by atoms with Crippen LogP contribution in [0.3, 0.4) is 0 Å². The average Bonchev–Trinajstić information content (AvgIpc) is 3.61. The van der Waals surface area contributed by atoms with Gasteiger partial charge < -0.3 is 14.7 Å². The van der Waals surface area contributed by atoms with Gasteiger partial charge in [-0.15, -0.1) is 6.42 Å². The summed E-state index contributed by atoms with van der Waals surface area (Å²) in [7, 11) is 0. The first kappa shape index (κ1) is 31.5. The summed E-state index contributed by atoms with van der Waals surface area (Å²) >= 11 is 0. The number of ether oxygens (including phenoxy) is 1. The van der Waals surface area contributed by atoms with Gasteiger partial charge in [-0.2, -0.15) is 9.97 Å². The van der Waals surface area contributed by atoms with Crippen molar-refractivity contribution in [2.45, 2.75) is 70.2 Å². The molecule has 0 spiro atoms. The van der Waals surface area contributed by atoms with E-state index >= 15 is 8.78 Å². The molecule has 0 bridgehead atoms. The summed E-state index contributed by atoms with van der Waals surface area (Å²) < 4.78 is 69.7. The van der Waals surface area contributed by atoms with Crippen LogP contribution in [-0.2, 0) is 6.42 Å². The molecule has 2 unspecified atom stereocenters. The molecule has 0 radical (unpaired) electrons. The second-order valence-corrected chi connectivity index (χ2v) is 12.6. The number of benzene rings is 3. The molecule has 1 aromatic heterocycles. The summed E-state index contributed by atoms with van der Waals surface area (Å²) in [6, 6.07) is 4.81. The number of halogens is 4. The minimum atomic E-state index is -1.36. The predicted octanol–water partition coefficient (Wildman–Crippen LogP) is 6.61. The smallest absolute Gasteiger partial charge is 0.319 e. The fraction of sp³-hybridized carbons (Fsp3) is 0.444. The molecule has 4 aromatic rings. The number of nitrogens with zero attached hydrogens (tertiary/aromatic N) is 4. The largest absolute Gasteiger partial charge is 0.508 e. The fourth-order valence-corrected chi connectivity index (χ4v) is 8.10. The number of hydrogen-bond donors (Lipinski definition) is 2. The number of hydrogen-bond acceptors (Lipinski definition) is 7. The molecule has 0 saturated carbocycles. The Bertz CT molecular complexity index is 1920. The zero-order valence-corrected chi connectivity index (χ0v) is 26.5. The number of anilines is 1. The van der Waals surface area contributed by atoms with Gasteiger partial charge in [-0.05, 0) is 75.2 Å². The number of fused-ring (bicyclic) bond motifs is 4. The van der Waals surface area contributed by atoms with Gasteiger partial charge >= 0.3 is 6.01 Å². The normalized spacial score (nSPS) is 21.5. The highest BCUT2D eigenvalue weighted by Gasteiger charge is 2.45. The molecule has 3 aromatic carbocycles. The van der Waals surface area contributed by atoms with Crippen LogP contribution in [-0.4, -0.2) is 70.6 Å². The Morgan fingerprint density at radius 1 is 1.09 bits per heavy atom. The number of rotatable bonds is 4. The Kier molecular flexibility index (Phi) is 8.13. The number of phenols is 1. The lowest BCUT2D eigenvalue weighted by Crippen LogP contribution is -2.55. The maximum Gasteiger partial charge on any atom is 0.319 e. The van der Waals surface area contributed by atoms with Crippen LogP contribution in [0.1, 0.15) is 57.1 Å². The molecular formula is C36H37F4N5O2. The molecule has 7 nitrogen and oxygen atoms in total.